The third kappa shape index (κ3) is 2.75. The Morgan fingerprint density at radius 3 is 2.65 bits per heavy atom. The van der Waals surface area contributed by atoms with Gasteiger partial charge < -0.3 is 19.3 Å². The average Bonchev–Trinajstić information content (AvgIpc) is 3.45. The van der Waals surface area contributed by atoms with Gasteiger partial charge in [0.15, 0.2) is 12.0 Å². The van der Waals surface area contributed by atoms with Gasteiger partial charge in [-0.3, -0.25) is 4.79 Å². The summed E-state index contributed by atoms with van der Waals surface area (Å²) in [6.45, 7) is 2.00. The Kier molecular flexibility index (Phi) is 4.79. The largest absolute Gasteiger partial charge is 0.497 e. The average molecular weight is 459 g/mol. The fourth-order valence-electron chi connectivity index (χ4n) is 5.53. The SMILES string of the molecule is CCC12Oc3ccc(OC)cc3C1C(O)C1(c3ccccc3)OC(c3cccc(C=O)c3)N2O1. The monoisotopic (exact) mass is 459 g/mol. The number of hydrogen-bond donors (Lipinski definition) is 1. The second kappa shape index (κ2) is 7.65. The molecule has 6 unspecified atom stereocenters. The van der Waals surface area contributed by atoms with Crippen LogP contribution in [0.5, 0.6) is 11.5 Å². The molecule has 7 heteroatoms. The van der Waals surface area contributed by atoms with Gasteiger partial charge in [0, 0.05) is 23.1 Å². The molecule has 0 aliphatic carbocycles. The number of hydroxylamine groups is 2. The van der Waals surface area contributed by atoms with Gasteiger partial charge in [-0.15, -0.1) is 5.06 Å². The third-order valence-corrected chi connectivity index (χ3v) is 7.15. The van der Waals surface area contributed by atoms with Crippen molar-refractivity contribution in [1.29, 1.82) is 0 Å². The van der Waals surface area contributed by atoms with E-state index in [1.165, 1.54) is 0 Å². The van der Waals surface area contributed by atoms with Crippen molar-refractivity contribution < 1.29 is 28.9 Å². The predicted molar refractivity (Wildman–Crippen MR) is 122 cm³/mol. The van der Waals surface area contributed by atoms with Crippen molar-refractivity contribution in [2.45, 2.75) is 43.1 Å². The number of rotatable bonds is 5. The van der Waals surface area contributed by atoms with Crippen LogP contribution in [0.15, 0.2) is 72.8 Å². The summed E-state index contributed by atoms with van der Waals surface area (Å²) in [5, 5.41) is 13.7. The number of carbonyl (C=O) groups is 1. The highest BCUT2D eigenvalue weighted by molar-refractivity contribution is 5.75. The third-order valence-electron chi connectivity index (χ3n) is 7.15. The van der Waals surface area contributed by atoms with E-state index in [0.29, 0.717) is 29.0 Å². The molecule has 3 aromatic rings. The first-order valence-electron chi connectivity index (χ1n) is 11.4. The summed E-state index contributed by atoms with van der Waals surface area (Å²) in [4.78, 5) is 18.0. The molecular formula is C27H25NO6. The number of methoxy groups -OCH3 is 1. The second-order valence-electron chi connectivity index (χ2n) is 8.84. The van der Waals surface area contributed by atoms with E-state index in [4.69, 9.17) is 19.0 Å². The van der Waals surface area contributed by atoms with E-state index in [1.54, 1.807) is 24.3 Å². The van der Waals surface area contributed by atoms with Gasteiger partial charge >= 0.3 is 0 Å². The van der Waals surface area contributed by atoms with Crippen molar-refractivity contribution in [3.8, 4) is 11.5 Å². The van der Waals surface area contributed by atoms with Gasteiger partial charge in [0.05, 0.1) is 13.0 Å². The number of aliphatic hydroxyl groups is 1. The summed E-state index contributed by atoms with van der Waals surface area (Å²) in [5.74, 6) is -0.581. The number of hydrogen-bond acceptors (Lipinski definition) is 7. The molecule has 3 aromatic carbocycles. The molecule has 6 atom stereocenters. The lowest BCUT2D eigenvalue weighted by Crippen LogP contribution is -2.63. The molecule has 0 saturated carbocycles. The molecule has 3 heterocycles. The maximum Gasteiger partial charge on any atom is 0.243 e. The lowest BCUT2D eigenvalue weighted by molar-refractivity contribution is -0.382. The number of fused-ring (bicyclic) bond motifs is 6. The van der Waals surface area contributed by atoms with Gasteiger partial charge in [-0.05, 0) is 29.8 Å². The topological polar surface area (TPSA) is 77.5 Å². The molecule has 0 radical (unpaired) electrons. The molecule has 0 aromatic heterocycles. The highest BCUT2D eigenvalue weighted by Gasteiger charge is 2.72. The molecule has 1 N–H and O–H groups in total. The normalized spacial score (nSPS) is 33.0. The number of benzene rings is 3. The zero-order chi connectivity index (χ0) is 23.5. The predicted octanol–water partition coefficient (Wildman–Crippen LogP) is 4.28. The Morgan fingerprint density at radius 2 is 1.91 bits per heavy atom. The van der Waals surface area contributed by atoms with E-state index in [9.17, 15) is 9.90 Å². The molecule has 2 bridgehead atoms. The summed E-state index contributed by atoms with van der Waals surface area (Å²) < 4.78 is 18.7. The zero-order valence-electron chi connectivity index (χ0n) is 18.9. The summed E-state index contributed by atoms with van der Waals surface area (Å²) >= 11 is 0. The van der Waals surface area contributed by atoms with Crippen LogP contribution >= 0.6 is 0 Å². The fraction of sp³-hybridized carbons (Fsp3) is 0.296. The minimum absolute atomic E-state index is 0.476. The number of nitrogens with zero attached hydrogens (tertiary/aromatic N) is 1. The van der Waals surface area contributed by atoms with Crippen LogP contribution in [0.3, 0.4) is 0 Å². The van der Waals surface area contributed by atoms with E-state index in [0.717, 1.165) is 17.4 Å². The lowest BCUT2D eigenvalue weighted by Gasteiger charge is -2.49. The molecule has 0 amide bonds. The van der Waals surface area contributed by atoms with Crippen LogP contribution in [0.2, 0.25) is 0 Å². The van der Waals surface area contributed by atoms with Crippen LogP contribution < -0.4 is 9.47 Å². The van der Waals surface area contributed by atoms with Crippen LogP contribution in [0.25, 0.3) is 0 Å². The standard InChI is InChI=1S/C27H25NO6/c1-3-26-23(21-15-20(31-2)12-13-22(21)32-26)24(30)27(19-10-5-4-6-11-19)33-25(28(26)34-27)18-9-7-8-17(14-18)16-29/h4-16,23-25,30H,3H2,1-2H3. The molecule has 174 valence electrons. The van der Waals surface area contributed by atoms with Crippen LogP contribution in [0.4, 0.5) is 0 Å². The molecule has 2 saturated heterocycles. The minimum Gasteiger partial charge on any atom is -0.497 e. The van der Waals surface area contributed by atoms with Gasteiger partial charge in [-0.1, -0.05) is 55.5 Å². The zero-order valence-corrected chi connectivity index (χ0v) is 18.9. The number of ether oxygens (including phenoxy) is 3. The summed E-state index contributed by atoms with van der Waals surface area (Å²) in [5.41, 5.74) is 1.78. The first kappa shape index (κ1) is 21.3. The smallest absolute Gasteiger partial charge is 0.243 e. The van der Waals surface area contributed by atoms with E-state index in [-0.39, 0.29) is 0 Å². The molecular weight excluding hydrogens is 434 g/mol. The Bertz CT molecular complexity index is 1250. The van der Waals surface area contributed by atoms with Crippen molar-refractivity contribution in [1.82, 2.24) is 5.06 Å². The Balaban J connectivity index is 1.57. The van der Waals surface area contributed by atoms with Crippen LogP contribution in [0.1, 0.15) is 52.5 Å². The van der Waals surface area contributed by atoms with Crippen molar-refractivity contribution in [3.63, 3.8) is 0 Å². The van der Waals surface area contributed by atoms with Crippen molar-refractivity contribution >= 4 is 6.29 Å². The van der Waals surface area contributed by atoms with Crippen LogP contribution in [0, 0.1) is 0 Å². The van der Waals surface area contributed by atoms with E-state index in [1.807, 2.05) is 67.6 Å². The second-order valence-corrected chi connectivity index (χ2v) is 8.84. The highest BCUT2D eigenvalue weighted by Crippen LogP contribution is 2.64. The Labute approximate surface area is 197 Å². The highest BCUT2D eigenvalue weighted by atomic mass is 16.9. The molecule has 7 nitrogen and oxygen atoms in total. The van der Waals surface area contributed by atoms with Gasteiger partial charge in [-0.25, -0.2) is 4.84 Å². The van der Waals surface area contributed by atoms with Gasteiger partial charge in [0.25, 0.3) is 0 Å². The van der Waals surface area contributed by atoms with Crippen molar-refractivity contribution in [3.05, 3.63) is 95.1 Å². The first-order chi connectivity index (χ1) is 16.6. The fourth-order valence-corrected chi connectivity index (χ4v) is 5.53. The van der Waals surface area contributed by atoms with Gasteiger partial charge in [0.2, 0.25) is 5.79 Å². The van der Waals surface area contributed by atoms with Crippen LogP contribution in [-0.4, -0.2) is 35.4 Å². The van der Waals surface area contributed by atoms with Crippen molar-refractivity contribution in [2.24, 2.45) is 0 Å². The summed E-state index contributed by atoms with van der Waals surface area (Å²) in [7, 11) is 1.61. The minimum atomic E-state index is -1.46. The maximum atomic E-state index is 12.0. The maximum absolute atomic E-state index is 12.0. The van der Waals surface area contributed by atoms with Gasteiger partial charge in [0.1, 0.15) is 23.9 Å². The molecule has 34 heavy (non-hydrogen) atoms. The molecule has 3 aliphatic rings. The first-order valence-corrected chi connectivity index (χ1v) is 11.4. The van der Waals surface area contributed by atoms with Gasteiger partial charge in [-0.2, -0.15) is 0 Å². The summed E-state index contributed by atoms with van der Waals surface area (Å²) in [6.07, 6.45) is -0.478. The molecule has 0 spiro atoms. The molecule has 3 aliphatic heterocycles. The van der Waals surface area contributed by atoms with Crippen LogP contribution in [-0.2, 0) is 15.4 Å². The number of aldehydes is 1. The van der Waals surface area contributed by atoms with Crippen molar-refractivity contribution in [2.75, 3.05) is 7.11 Å². The Hall–Kier alpha value is -3.23. The lowest BCUT2D eigenvalue weighted by atomic mass is 9.78. The van der Waals surface area contributed by atoms with E-state index < -0.39 is 29.8 Å². The van der Waals surface area contributed by atoms with E-state index >= 15 is 0 Å². The molecule has 2 fully saturated rings. The van der Waals surface area contributed by atoms with E-state index in [2.05, 4.69) is 0 Å². The number of carbonyl (C=O) groups excluding carboxylic acids is 1. The summed E-state index contributed by atoms with van der Waals surface area (Å²) in [6, 6.07) is 22.3. The molecule has 6 rings (SSSR count). The quantitative estimate of drug-likeness (QED) is 0.571. The Morgan fingerprint density at radius 1 is 1.09 bits per heavy atom. The number of aliphatic hydroxyl groups excluding tert-OH is 1.